The fourth-order valence-electron chi connectivity index (χ4n) is 3.71. The molecule has 2 aromatic rings. The molecule has 0 unspecified atom stereocenters. The van der Waals surface area contributed by atoms with Gasteiger partial charge in [-0.15, -0.1) is 0 Å². The van der Waals surface area contributed by atoms with Crippen molar-refractivity contribution in [3.63, 3.8) is 0 Å². The number of hydrogen-bond acceptors (Lipinski definition) is 8. The Kier molecular flexibility index (Phi) is 9.12. The van der Waals surface area contributed by atoms with Crippen molar-refractivity contribution in [1.29, 1.82) is 0 Å². The minimum atomic E-state index is -0.0827. The molecule has 1 aliphatic rings. The number of benzene rings is 1. The summed E-state index contributed by atoms with van der Waals surface area (Å²) in [6, 6.07) is 5.74. The van der Waals surface area contributed by atoms with Gasteiger partial charge in [0.15, 0.2) is 0 Å². The lowest BCUT2D eigenvalue weighted by Crippen LogP contribution is -2.36. The van der Waals surface area contributed by atoms with E-state index in [0.717, 1.165) is 35.9 Å². The second-order valence-electron chi connectivity index (χ2n) is 7.83. The van der Waals surface area contributed by atoms with E-state index in [4.69, 9.17) is 14.2 Å². The van der Waals surface area contributed by atoms with Gasteiger partial charge in [0.25, 0.3) is 0 Å². The SMILES string of the molecule is CCOc1cc(N2CCOCC2)c(OCC)cc1NC(=O)CCCNc1nc(C)cc(C)n1. The van der Waals surface area contributed by atoms with Crippen LogP contribution in [-0.4, -0.2) is 61.9 Å². The van der Waals surface area contributed by atoms with E-state index in [1.807, 2.05) is 45.9 Å². The van der Waals surface area contributed by atoms with Gasteiger partial charge in [0.2, 0.25) is 11.9 Å². The Bertz CT molecular complexity index is 911. The van der Waals surface area contributed by atoms with E-state index in [1.165, 1.54) is 0 Å². The zero-order chi connectivity index (χ0) is 23.6. The standard InChI is InChI=1S/C24H35N5O4/c1-5-32-21-16-20(29-10-12-31-13-11-29)22(33-6-2)15-19(21)28-23(30)8-7-9-25-24-26-17(3)14-18(4)27-24/h14-16H,5-13H2,1-4H3,(H,28,30)(H,25,26,27). The molecule has 1 saturated heterocycles. The molecule has 1 amide bonds. The molecule has 1 aromatic heterocycles. The summed E-state index contributed by atoms with van der Waals surface area (Å²) >= 11 is 0. The maximum atomic E-state index is 12.7. The maximum Gasteiger partial charge on any atom is 0.224 e. The first-order chi connectivity index (χ1) is 16.0. The molecule has 3 rings (SSSR count). The lowest BCUT2D eigenvalue weighted by molar-refractivity contribution is -0.116. The highest BCUT2D eigenvalue weighted by Gasteiger charge is 2.20. The second-order valence-corrected chi connectivity index (χ2v) is 7.83. The van der Waals surface area contributed by atoms with E-state index in [0.29, 0.717) is 63.2 Å². The van der Waals surface area contributed by atoms with Gasteiger partial charge in [0.05, 0.1) is 37.8 Å². The molecule has 0 aliphatic carbocycles. The Morgan fingerprint density at radius 3 is 2.36 bits per heavy atom. The van der Waals surface area contributed by atoms with Crippen molar-refractivity contribution < 1.29 is 19.0 Å². The summed E-state index contributed by atoms with van der Waals surface area (Å²) in [7, 11) is 0. The Morgan fingerprint density at radius 2 is 1.70 bits per heavy atom. The van der Waals surface area contributed by atoms with Crippen molar-refractivity contribution >= 4 is 23.2 Å². The first-order valence-electron chi connectivity index (χ1n) is 11.6. The van der Waals surface area contributed by atoms with E-state index in [-0.39, 0.29) is 5.91 Å². The van der Waals surface area contributed by atoms with Crippen LogP contribution in [0.5, 0.6) is 11.5 Å². The minimum Gasteiger partial charge on any atom is -0.492 e. The summed E-state index contributed by atoms with van der Waals surface area (Å²) in [5.41, 5.74) is 3.40. The monoisotopic (exact) mass is 457 g/mol. The fraction of sp³-hybridized carbons (Fsp3) is 0.542. The van der Waals surface area contributed by atoms with Crippen LogP contribution in [0.15, 0.2) is 18.2 Å². The third-order valence-corrected chi connectivity index (χ3v) is 5.13. The highest BCUT2D eigenvalue weighted by Crippen LogP contribution is 2.39. The number of aryl methyl sites for hydroxylation is 2. The molecular weight excluding hydrogens is 422 g/mol. The van der Waals surface area contributed by atoms with Crippen LogP contribution in [0.2, 0.25) is 0 Å². The molecule has 1 fully saturated rings. The Labute approximate surface area is 195 Å². The molecule has 2 heterocycles. The van der Waals surface area contributed by atoms with Gasteiger partial charge in [-0.1, -0.05) is 0 Å². The predicted molar refractivity (Wildman–Crippen MR) is 130 cm³/mol. The molecular formula is C24H35N5O4. The number of carbonyl (C=O) groups is 1. The zero-order valence-corrected chi connectivity index (χ0v) is 20.1. The molecule has 9 nitrogen and oxygen atoms in total. The quantitative estimate of drug-likeness (QED) is 0.495. The fourth-order valence-corrected chi connectivity index (χ4v) is 3.71. The van der Waals surface area contributed by atoms with Crippen LogP contribution in [0.25, 0.3) is 0 Å². The molecule has 1 aliphatic heterocycles. The first-order valence-corrected chi connectivity index (χ1v) is 11.6. The number of amides is 1. The van der Waals surface area contributed by atoms with E-state index in [2.05, 4.69) is 25.5 Å². The van der Waals surface area contributed by atoms with E-state index >= 15 is 0 Å². The van der Waals surface area contributed by atoms with E-state index in [9.17, 15) is 4.79 Å². The molecule has 33 heavy (non-hydrogen) atoms. The average molecular weight is 458 g/mol. The summed E-state index contributed by atoms with van der Waals surface area (Å²) in [5.74, 6) is 1.87. The third kappa shape index (κ3) is 7.21. The third-order valence-electron chi connectivity index (χ3n) is 5.13. The van der Waals surface area contributed by atoms with Gasteiger partial charge in [-0.05, 0) is 40.2 Å². The minimum absolute atomic E-state index is 0.0827. The number of carbonyl (C=O) groups excluding carboxylic acids is 1. The predicted octanol–water partition coefficient (Wildman–Crippen LogP) is 3.56. The molecule has 1 aromatic carbocycles. The van der Waals surface area contributed by atoms with Gasteiger partial charge in [-0.25, -0.2) is 9.97 Å². The normalized spacial score (nSPS) is 13.5. The molecule has 0 spiro atoms. The number of nitrogens with zero attached hydrogens (tertiary/aromatic N) is 3. The zero-order valence-electron chi connectivity index (χ0n) is 20.1. The van der Waals surface area contributed by atoms with Crippen LogP contribution < -0.4 is 25.0 Å². The lowest BCUT2D eigenvalue weighted by Gasteiger charge is -2.31. The Morgan fingerprint density at radius 1 is 1.03 bits per heavy atom. The number of nitrogens with one attached hydrogen (secondary N) is 2. The van der Waals surface area contributed by atoms with E-state index < -0.39 is 0 Å². The maximum absolute atomic E-state index is 12.7. The number of aromatic nitrogens is 2. The Hall–Kier alpha value is -3.07. The van der Waals surface area contributed by atoms with Crippen LogP contribution >= 0.6 is 0 Å². The summed E-state index contributed by atoms with van der Waals surface area (Å²) < 4.78 is 17.2. The average Bonchev–Trinajstić information content (AvgIpc) is 2.78. The van der Waals surface area contributed by atoms with Gasteiger partial charge in [0.1, 0.15) is 11.5 Å². The molecule has 0 atom stereocenters. The van der Waals surface area contributed by atoms with Crippen molar-refractivity contribution in [3.8, 4) is 11.5 Å². The van der Waals surface area contributed by atoms with Crippen molar-refractivity contribution in [2.75, 3.05) is 61.6 Å². The molecule has 0 bridgehead atoms. The number of rotatable bonds is 11. The van der Waals surface area contributed by atoms with Gasteiger partial charge >= 0.3 is 0 Å². The first kappa shape index (κ1) is 24.6. The van der Waals surface area contributed by atoms with Gasteiger partial charge < -0.3 is 29.7 Å². The molecule has 2 N–H and O–H groups in total. The summed E-state index contributed by atoms with van der Waals surface area (Å²) in [6.07, 6.45) is 1.01. The van der Waals surface area contributed by atoms with Crippen LogP contribution in [0.4, 0.5) is 17.3 Å². The number of anilines is 3. The highest BCUT2D eigenvalue weighted by molar-refractivity contribution is 5.93. The summed E-state index contributed by atoms with van der Waals surface area (Å²) in [5, 5.41) is 6.18. The second kappa shape index (κ2) is 12.2. The topological polar surface area (TPSA) is 97.8 Å². The smallest absolute Gasteiger partial charge is 0.224 e. The van der Waals surface area contributed by atoms with Crippen molar-refractivity contribution in [2.45, 2.75) is 40.5 Å². The largest absolute Gasteiger partial charge is 0.492 e. The van der Waals surface area contributed by atoms with Crippen LogP contribution in [0.1, 0.15) is 38.1 Å². The summed E-state index contributed by atoms with van der Waals surface area (Å²) in [4.78, 5) is 23.6. The molecule has 9 heteroatoms. The van der Waals surface area contributed by atoms with Gasteiger partial charge in [-0.3, -0.25) is 4.79 Å². The van der Waals surface area contributed by atoms with Crippen LogP contribution in [0.3, 0.4) is 0 Å². The molecule has 0 saturated carbocycles. The Balaban J connectivity index is 1.63. The van der Waals surface area contributed by atoms with Crippen molar-refractivity contribution in [2.24, 2.45) is 0 Å². The van der Waals surface area contributed by atoms with Gasteiger partial charge in [0, 0.05) is 49.6 Å². The molecule has 0 radical (unpaired) electrons. The van der Waals surface area contributed by atoms with Crippen molar-refractivity contribution in [1.82, 2.24) is 9.97 Å². The van der Waals surface area contributed by atoms with Crippen molar-refractivity contribution in [3.05, 3.63) is 29.6 Å². The lowest BCUT2D eigenvalue weighted by atomic mass is 10.2. The number of ether oxygens (including phenoxy) is 3. The number of hydrogen-bond donors (Lipinski definition) is 2. The highest BCUT2D eigenvalue weighted by atomic mass is 16.5. The van der Waals surface area contributed by atoms with E-state index in [1.54, 1.807) is 0 Å². The van der Waals surface area contributed by atoms with Crippen LogP contribution in [-0.2, 0) is 9.53 Å². The number of morpholine rings is 1. The molecule has 180 valence electrons. The van der Waals surface area contributed by atoms with Crippen LogP contribution in [0, 0.1) is 13.8 Å². The van der Waals surface area contributed by atoms with Gasteiger partial charge in [-0.2, -0.15) is 0 Å². The summed E-state index contributed by atoms with van der Waals surface area (Å²) in [6.45, 7) is 12.3.